The summed E-state index contributed by atoms with van der Waals surface area (Å²) in [5.41, 5.74) is 1.35. The molecule has 0 bridgehead atoms. The van der Waals surface area contributed by atoms with Crippen LogP contribution in [0.15, 0.2) is 36.5 Å². The number of hydrogen-bond donors (Lipinski definition) is 2. The summed E-state index contributed by atoms with van der Waals surface area (Å²) in [4.78, 5) is 31.2. The first-order valence-corrected chi connectivity index (χ1v) is 7.75. The van der Waals surface area contributed by atoms with Gasteiger partial charge in [-0.25, -0.2) is 19.2 Å². The van der Waals surface area contributed by atoms with Gasteiger partial charge in [0.15, 0.2) is 5.82 Å². The molecule has 3 aromatic rings. The van der Waals surface area contributed by atoms with Crippen LogP contribution < -0.4 is 5.32 Å². The SMILES string of the molecule is O=C(O)c1ccc(-c2nccc(-c3cc4n(n3)CCNC4=O)n2)cc1F. The lowest BCUT2D eigenvalue weighted by atomic mass is 10.1. The van der Waals surface area contributed by atoms with Crippen LogP contribution in [-0.2, 0) is 6.54 Å². The smallest absolute Gasteiger partial charge is 0.338 e. The first kappa shape index (κ1) is 15.9. The molecular weight excluding hydrogens is 341 g/mol. The number of carbonyl (C=O) groups is 2. The summed E-state index contributed by atoms with van der Waals surface area (Å²) >= 11 is 0. The van der Waals surface area contributed by atoms with Gasteiger partial charge in [0.05, 0.1) is 17.8 Å². The molecule has 1 aromatic carbocycles. The van der Waals surface area contributed by atoms with E-state index in [-0.39, 0.29) is 11.7 Å². The van der Waals surface area contributed by atoms with Gasteiger partial charge in [0.1, 0.15) is 17.2 Å². The topological polar surface area (TPSA) is 110 Å². The van der Waals surface area contributed by atoms with Crippen LogP contribution in [-0.4, -0.2) is 43.3 Å². The summed E-state index contributed by atoms with van der Waals surface area (Å²) in [7, 11) is 0. The number of benzene rings is 1. The third-order valence-corrected chi connectivity index (χ3v) is 4.00. The summed E-state index contributed by atoms with van der Waals surface area (Å²) < 4.78 is 15.5. The first-order valence-electron chi connectivity index (χ1n) is 7.75. The van der Waals surface area contributed by atoms with Gasteiger partial charge in [-0.05, 0) is 24.3 Å². The van der Waals surface area contributed by atoms with Crippen LogP contribution in [0.5, 0.6) is 0 Å². The van der Waals surface area contributed by atoms with Crippen molar-refractivity contribution >= 4 is 11.9 Å². The number of carboxylic acids is 1. The third kappa shape index (κ3) is 2.69. The average Bonchev–Trinajstić information content (AvgIpc) is 3.07. The lowest BCUT2D eigenvalue weighted by Gasteiger charge is -2.13. The average molecular weight is 353 g/mol. The normalized spacial score (nSPS) is 13.2. The molecule has 130 valence electrons. The molecule has 4 rings (SSSR count). The maximum absolute atomic E-state index is 13.9. The maximum Gasteiger partial charge on any atom is 0.338 e. The van der Waals surface area contributed by atoms with E-state index in [1.54, 1.807) is 16.8 Å². The van der Waals surface area contributed by atoms with Gasteiger partial charge in [0.25, 0.3) is 5.91 Å². The zero-order valence-electron chi connectivity index (χ0n) is 13.3. The summed E-state index contributed by atoms with van der Waals surface area (Å²) in [6.45, 7) is 1.08. The van der Waals surface area contributed by atoms with E-state index in [9.17, 15) is 14.0 Å². The molecule has 1 aliphatic rings. The molecule has 0 unspecified atom stereocenters. The van der Waals surface area contributed by atoms with Crippen LogP contribution in [0, 0.1) is 5.82 Å². The summed E-state index contributed by atoms with van der Waals surface area (Å²) in [5, 5.41) is 16.0. The Morgan fingerprint density at radius 1 is 1.23 bits per heavy atom. The molecule has 3 heterocycles. The van der Waals surface area contributed by atoms with Crippen molar-refractivity contribution in [3.05, 3.63) is 53.6 Å². The Morgan fingerprint density at radius 3 is 2.81 bits per heavy atom. The summed E-state index contributed by atoms with van der Waals surface area (Å²) in [6, 6.07) is 6.96. The number of aromatic nitrogens is 4. The van der Waals surface area contributed by atoms with E-state index < -0.39 is 17.3 Å². The zero-order valence-corrected chi connectivity index (χ0v) is 13.3. The van der Waals surface area contributed by atoms with Crippen molar-refractivity contribution in [2.45, 2.75) is 6.54 Å². The van der Waals surface area contributed by atoms with Crippen LogP contribution in [0.1, 0.15) is 20.8 Å². The molecule has 0 saturated carbocycles. The molecule has 0 aliphatic carbocycles. The Hall–Kier alpha value is -3.62. The summed E-state index contributed by atoms with van der Waals surface area (Å²) in [6.07, 6.45) is 1.50. The number of amides is 1. The second-order valence-corrected chi connectivity index (χ2v) is 5.66. The lowest BCUT2D eigenvalue weighted by Crippen LogP contribution is -2.35. The molecule has 1 amide bonds. The molecule has 8 nitrogen and oxygen atoms in total. The number of nitrogens with zero attached hydrogens (tertiary/aromatic N) is 4. The van der Waals surface area contributed by atoms with Crippen molar-refractivity contribution < 1.29 is 19.1 Å². The molecule has 2 aromatic heterocycles. The minimum absolute atomic E-state index is 0.199. The Kier molecular flexibility index (Phi) is 3.68. The molecule has 0 saturated heterocycles. The molecule has 0 fully saturated rings. The Morgan fingerprint density at radius 2 is 2.08 bits per heavy atom. The minimum Gasteiger partial charge on any atom is -0.478 e. The molecule has 0 radical (unpaired) electrons. The standard InChI is InChI=1S/C17H12FN5O3/c18-11-7-9(1-2-10(11)17(25)26)15-19-4-3-12(21-15)13-8-14-16(24)20-5-6-23(14)22-13/h1-4,7-8H,5-6H2,(H,20,24)(H,25,26). The Bertz CT molecular complexity index is 1050. The number of carbonyl (C=O) groups excluding carboxylic acids is 1. The quantitative estimate of drug-likeness (QED) is 0.740. The van der Waals surface area contributed by atoms with Gasteiger partial charge in [-0.1, -0.05) is 6.07 Å². The van der Waals surface area contributed by atoms with Crippen molar-refractivity contribution in [3.63, 3.8) is 0 Å². The van der Waals surface area contributed by atoms with Crippen molar-refractivity contribution in [2.75, 3.05) is 6.54 Å². The molecule has 0 spiro atoms. The van der Waals surface area contributed by atoms with Crippen molar-refractivity contribution in [2.24, 2.45) is 0 Å². The molecular formula is C17H12FN5O3. The van der Waals surface area contributed by atoms with E-state index in [1.807, 2.05) is 0 Å². The van der Waals surface area contributed by atoms with Gasteiger partial charge in [-0.2, -0.15) is 5.10 Å². The van der Waals surface area contributed by atoms with Crippen LogP contribution in [0.25, 0.3) is 22.8 Å². The van der Waals surface area contributed by atoms with Gasteiger partial charge in [0, 0.05) is 18.3 Å². The Labute approximate surface area is 146 Å². The van der Waals surface area contributed by atoms with E-state index in [0.29, 0.717) is 35.7 Å². The first-order chi connectivity index (χ1) is 12.5. The highest BCUT2D eigenvalue weighted by molar-refractivity contribution is 5.94. The minimum atomic E-state index is -1.34. The van der Waals surface area contributed by atoms with Gasteiger partial charge in [-0.3, -0.25) is 9.48 Å². The number of halogens is 1. The fraction of sp³-hybridized carbons (Fsp3) is 0.118. The number of hydrogen-bond acceptors (Lipinski definition) is 5. The highest BCUT2D eigenvalue weighted by Crippen LogP contribution is 2.23. The van der Waals surface area contributed by atoms with E-state index in [1.165, 1.54) is 18.3 Å². The van der Waals surface area contributed by atoms with E-state index in [0.717, 1.165) is 6.07 Å². The molecule has 26 heavy (non-hydrogen) atoms. The van der Waals surface area contributed by atoms with Crippen LogP contribution >= 0.6 is 0 Å². The van der Waals surface area contributed by atoms with Gasteiger partial charge < -0.3 is 10.4 Å². The molecule has 2 N–H and O–H groups in total. The van der Waals surface area contributed by atoms with E-state index in [2.05, 4.69) is 20.4 Å². The maximum atomic E-state index is 13.9. The predicted molar refractivity (Wildman–Crippen MR) is 87.9 cm³/mol. The van der Waals surface area contributed by atoms with Crippen LogP contribution in [0.4, 0.5) is 4.39 Å². The summed E-state index contributed by atoms with van der Waals surface area (Å²) in [5.74, 6) is -2.17. The number of carboxylic acid groups (broad SMARTS) is 1. The largest absolute Gasteiger partial charge is 0.478 e. The van der Waals surface area contributed by atoms with Gasteiger partial charge >= 0.3 is 5.97 Å². The van der Waals surface area contributed by atoms with Gasteiger partial charge in [-0.15, -0.1) is 0 Å². The number of rotatable bonds is 3. The molecule has 9 heteroatoms. The zero-order chi connectivity index (χ0) is 18.3. The van der Waals surface area contributed by atoms with Crippen molar-refractivity contribution in [3.8, 4) is 22.8 Å². The fourth-order valence-electron chi connectivity index (χ4n) is 2.73. The van der Waals surface area contributed by atoms with Crippen LogP contribution in [0.2, 0.25) is 0 Å². The fourth-order valence-corrected chi connectivity index (χ4v) is 2.73. The highest BCUT2D eigenvalue weighted by Gasteiger charge is 2.20. The number of aromatic carboxylic acids is 1. The van der Waals surface area contributed by atoms with E-state index in [4.69, 9.17) is 5.11 Å². The molecule has 1 aliphatic heterocycles. The van der Waals surface area contributed by atoms with E-state index >= 15 is 0 Å². The Balaban J connectivity index is 1.73. The predicted octanol–water partition coefficient (Wildman–Crippen LogP) is 1.59. The highest BCUT2D eigenvalue weighted by atomic mass is 19.1. The second kappa shape index (κ2) is 6.03. The molecule has 0 atom stereocenters. The lowest BCUT2D eigenvalue weighted by molar-refractivity contribution is 0.0691. The van der Waals surface area contributed by atoms with Crippen molar-refractivity contribution in [1.29, 1.82) is 0 Å². The van der Waals surface area contributed by atoms with Gasteiger partial charge in [0.2, 0.25) is 0 Å². The third-order valence-electron chi connectivity index (χ3n) is 4.00. The number of fused-ring (bicyclic) bond motifs is 1. The van der Waals surface area contributed by atoms with Crippen LogP contribution in [0.3, 0.4) is 0 Å². The second-order valence-electron chi connectivity index (χ2n) is 5.66. The van der Waals surface area contributed by atoms with Crippen molar-refractivity contribution in [1.82, 2.24) is 25.1 Å². The monoisotopic (exact) mass is 353 g/mol. The number of nitrogens with one attached hydrogen (secondary N) is 1.